The van der Waals surface area contributed by atoms with Gasteiger partial charge in [-0.15, -0.1) is 0 Å². The van der Waals surface area contributed by atoms with Crippen LogP contribution in [0.4, 0.5) is 20.2 Å². The summed E-state index contributed by atoms with van der Waals surface area (Å²) >= 11 is 11.5. The van der Waals surface area contributed by atoms with E-state index in [2.05, 4.69) is 17.1 Å². The number of hydrogen-bond donors (Lipinski definition) is 1. The first kappa shape index (κ1) is 17.9. The van der Waals surface area contributed by atoms with Crippen LogP contribution in [-0.2, 0) is 0 Å². The van der Waals surface area contributed by atoms with Crippen LogP contribution in [0.2, 0.25) is 5.02 Å². The first-order chi connectivity index (χ1) is 11.9. The summed E-state index contributed by atoms with van der Waals surface area (Å²) < 4.78 is 26.6. The normalized spacial score (nSPS) is 14.6. The van der Waals surface area contributed by atoms with Crippen LogP contribution in [-0.4, -0.2) is 36.2 Å². The highest BCUT2D eigenvalue weighted by Crippen LogP contribution is 2.25. The molecule has 0 atom stereocenters. The molecule has 0 unspecified atom stereocenters. The number of anilines is 2. The molecule has 2 aromatic rings. The van der Waals surface area contributed by atoms with E-state index in [-0.39, 0.29) is 0 Å². The Morgan fingerprint density at radius 1 is 1.04 bits per heavy atom. The Bertz CT molecular complexity index is 772. The topological polar surface area (TPSA) is 18.5 Å². The minimum absolute atomic E-state index is 0.315. The van der Waals surface area contributed by atoms with Crippen LogP contribution in [0.25, 0.3) is 0 Å². The molecule has 132 valence electrons. The molecule has 0 amide bonds. The Morgan fingerprint density at radius 2 is 1.68 bits per heavy atom. The monoisotopic (exact) mass is 381 g/mol. The maximum Gasteiger partial charge on any atom is 0.173 e. The fraction of sp³-hybridized carbons (Fsp3) is 0.278. The van der Waals surface area contributed by atoms with Gasteiger partial charge in [0.25, 0.3) is 0 Å². The van der Waals surface area contributed by atoms with Gasteiger partial charge in [-0.1, -0.05) is 17.7 Å². The summed E-state index contributed by atoms with van der Waals surface area (Å²) in [7, 11) is 0. The van der Waals surface area contributed by atoms with Crippen LogP contribution in [0.15, 0.2) is 36.4 Å². The van der Waals surface area contributed by atoms with Gasteiger partial charge < -0.3 is 15.1 Å². The van der Waals surface area contributed by atoms with Crippen molar-refractivity contribution in [2.24, 2.45) is 0 Å². The highest BCUT2D eigenvalue weighted by atomic mass is 35.5. The summed E-state index contributed by atoms with van der Waals surface area (Å²) in [6.45, 7) is 5.08. The Labute approximate surface area is 156 Å². The second kappa shape index (κ2) is 7.54. The van der Waals surface area contributed by atoms with E-state index in [0.717, 1.165) is 37.9 Å². The van der Waals surface area contributed by atoms with E-state index in [9.17, 15) is 8.78 Å². The van der Waals surface area contributed by atoms with Crippen LogP contribution in [0.1, 0.15) is 5.56 Å². The molecule has 0 aliphatic carbocycles. The minimum Gasteiger partial charge on any atom is -0.368 e. The highest BCUT2D eigenvalue weighted by Gasteiger charge is 2.20. The van der Waals surface area contributed by atoms with Crippen molar-refractivity contribution in [3.05, 3.63) is 58.6 Å². The lowest BCUT2D eigenvalue weighted by Crippen LogP contribution is -2.50. The van der Waals surface area contributed by atoms with Gasteiger partial charge in [0.1, 0.15) is 11.6 Å². The third-order valence-electron chi connectivity index (χ3n) is 4.19. The molecule has 1 N–H and O–H groups in total. The zero-order valence-electron chi connectivity index (χ0n) is 13.7. The molecule has 1 aliphatic rings. The maximum absolute atomic E-state index is 13.3. The average molecular weight is 382 g/mol. The molecule has 2 aromatic carbocycles. The van der Waals surface area contributed by atoms with Gasteiger partial charge in [-0.25, -0.2) is 8.78 Å². The highest BCUT2D eigenvalue weighted by molar-refractivity contribution is 7.80. The van der Waals surface area contributed by atoms with Crippen LogP contribution in [0.3, 0.4) is 0 Å². The van der Waals surface area contributed by atoms with Crippen LogP contribution in [0.5, 0.6) is 0 Å². The number of hydrogen-bond acceptors (Lipinski definition) is 2. The van der Waals surface area contributed by atoms with Gasteiger partial charge in [0.15, 0.2) is 5.11 Å². The first-order valence-electron chi connectivity index (χ1n) is 7.95. The van der Waals surface area contributed by atoms with E-state index in [0.29, 0.717) is 15.8 Å². The van der Waals surface area contributed by atoms with Crippen molar-refractivity contribution < 1.29 is 8.78 Å². The van der Waals surface area contributed by atoms with Gasteiger partial charge in [0, 0.05) is 48.6 Å². The van der Waals surface area contributed by atoms with E-state index in [1.54, 1.807) is 0 Å². The number of benzene rings is 2. The SMILES string of the molecule is Cc1ccc(Cl)cc1N1CCN(C(=S)Nc2cc(F)cc(F)c2)CC1. The molecule has 1 fully saturated rings. The van der Waals surface area contributed by atoms with Crippen molar-refractivity contribution in [3.63, 3.8) is 0 Å². The van der Waals surface area contributed by atoms with E-state index < -0.39 is 11.6 Å². The molecule has 3 rings (SSSR count). The molecule has 0 radical (unpaired) electrons. The zero-order valence-corrected chi connectivity index (χ0v) is 15.3. The van der Waals surface area contributed by atoms with Crippen molar-refractivity contribution in [2.45, 2.75) is 6.92 Å². The third-order valence-corrected chi connectivity index (χ3v) is 4.79. The van der Waals surface area contributed by atoms with Gasteiger partial charge in [-0.3, -0.25) is 0 Å². The van der Waals surface area contributed by atoms with E-state index in [1.165, 1.54) is 17.7 Å². The van der Waals surface area contributed by atoms with Crippen LogP contribution < -0.4 is 10.2 Å². The van der Waals surface area contributed by atoms with Crippen molar-refractivity contribution in [1.82, 2.24) is 4.90 Å². The zero-order chi connectivity index (χ0) is 18.0. The molecule has 7 heteroatoms. The molecule has 0 aromatic heterocycles. The lowest BCUT2D eigenvalue weighted by Gasteiger charge is -2.38. The lowest BCUT2D eigenvalue weighted by molar-refractivity contribution is 0.390. The van der Waals surface area contributed by atoms with Gasteiger partial charge in [-0.2, -0.15) is 0 Å². The second-order valence-electron chi connectivity index (χ2n) is 5.99. The number of piperazine rings is 1. The maximum atomic E-state index is 13.3. The summed E-state index contributed by atoms with van der Waals surface area (Å²) in [6, 6.07) is 9.14. The van der Waals surface area contributed by atoms with Gasteiger partial charge >= 0.3 is 0 Å². The van der Waals surface area contributed by atoms with Crippen molar-refractivity contribution in [2.75, 3.05) is 36.4 Å². The summed E-state index contributed by atoms with van der Waals surface area (Å²) in [4.78, 5) is 4.26. The summed E-state index contributed by atoms with van der Waals surface area (Å²) in [6.07, 6.45) is 0. The Morgan fingerprint density at radius 3 is 2.32 bits per heavy atom. The summed E-state index contributed by atoms with van der Waals surface area (Å²) in [5.74, 6) is -1.27. The smallest absolute Gasteiger partial charge is 0.173 e. The Kier molecular flexibility index (Phi) is 5.39. The quantitative estimate of drug-likeness (QED) is 0.774. The molecule has 1 saturated heterocycles. The van der Waals surface area contributed by atoms with Gasteiger partial charge in [0.2, 0.25) is 0 Å². The first-order valence-corrected chi connectivity index (χ1v) is 8.74. The molecule has 1 aliphatic heterocycles. The molecule has 3 nitrogen and oxygen atoms in total. The van der Waals surface area contributed by atoms with E-state index >= 15 is 0 Å². The fourth-order valence-electron chi connectivity index (χ4n) is 2.90. The van der Waals surface area contributed by atoms with Crippen LogP contribution >= 0.6 is 23.8 Å². The third kappa shape index (κ3) is 4.38. The predicted octanol–water partition coefficient (Wildman–Crippen LogP) is 4.45. The Hall–Kier alpha value is -1.92. The number of nitrogens with one attached hydrogen (secondary N) is 1. The van der Waals surface area contributed by atoms with Gasteiger partial charge in [-0.05, 0) is 49.0 Å². The number of aryl methyl sites for hydroxylation is 1. The number of nitrogens with zero attached hydrogens (tertiary/aromatic N) is 2. The number of thiocarbonyl (C=S) groups is 1. The molecule has 0 saturated carbocycles. The molecular formula is C18H18ClF2N3S. The fourth-order valence-corrected chi connectivity index (χ4v) is 3.37. The second-order valence-corrected chi connectivity index (χ2v) is 6.82. The van der Waals surface area contributed by atoms with Crippen LogP contribution in [0, 0.1) is 18.6 Å². The standard InChI is InChI=1S/C18H18ClF2N3S/c1-12-2-3-13(19)8-17(12)23-4-6-24(7-5-23)18(25)22-16-10-14(20)9-15(21)11-16/h2-3,8-11H,4-7H2,1H3,(H,22,25). The Balaban J connectivity index is 1.61. The average Bonchev–Trinajstić information content (AvgIpc) is 2.56. The minimum atomic E-state index is -0.633. The van der Waals surface area contributed by atoms with E-state index in [1.807, 2.05) is 23.1 Å². The summed E-state index contributed by atoms with van der Waals surface area (Å²) in [5.41, 5.74) is 2.61. The lowest BCUT2D eigenvalue weighted by atomic mass is 10.1. The molecular weight excluding hydrogens is 364 g/mol. The largest absolute Gasteiger partial charge is 0.368 e. The molecule has 0 bridgehead atoms. The van der Waals surface area contributed by atoms with Crippen molar-refractivity contribution in [3.8, 4) is 0 Å². The van der Waals surface area contributed by atoms with Crippen molar-refractivity contribution in [1.29, 1.82) is 0 Å². The van der Waals surface area contributed by atoms with Gasteiger partial charge in [0.05, 0.1) is 0 Å². The van der Waals surface area contributed by atoms with E-state index in [4.69, 9.17) is 23.8 Å². The molecule has 0 spiro atoms. The number of halogens is 3. The molecule has 1 heterocycles. The number of rotatable bonds is 2. The predicted molar refractivity (Wildman–Crippen MR) is 103 cm³/mol. The van der Waals surface area contributed by atoms with Crippen molar-refractivity contribution >= 4 is 40.3 Å². The summed E-state index contributed by atoms with van der Waals surface area (Å²) in [5, 5.41) is 4.09. The molecule has 25 heavy (non-hydrogen) atoms.